The molecule has 0 radical (unpaired) electrons. The predicted molar refractivity (Wildman–Crippen MR) is 197 cm³/mol. The standard InChI is InChI=1S/C40H47F2N3O4S/c1-27-11-13-28(14-12-27)29-15-19-32(20-16-29)40(41,42)36(37(46)45(5)24-8-23-43-38(47)49-39(2,3)4)44-50-35-22-18-30-25-34(21-17-31(30)26-35)48-33-9-6-7-10-33/h11-22,25-26,33,36,44H,6-10,23-24H2,1-5H3,(H,43,47). The molecule has 0 spiro atoms. The summed E-state index contributed by atoms with van der Waals surface area (Å²) >= 11 is 0.998. The van der Waals surface area contributed by atoms with Crippen LogP contribution in [0, 0.1) is 6.92 Å². The molecule has 1 aliphatic rings. The lowest BCUT2D eigenvalue weighted by atomic mass is 9.97. The van der Waals surface area contributed by atoms with Gasteiger partial charge < -0.3 is 19.7 Å². The number of aryl methyl sites for hydroxylation is 1. The Morgan fingerprint density at radius 2 is 1.52 bits per heavy atom. The molecule has 10 heteroatoms. The predicted octanol–water partition coefficient (Wildman–Crippen LogP) is 9.27. The van der Waals surface area contributed by atoms with E-state index >= 15 is 8.78 Å². The van der Waals surface area contributed by atoms with E-state index in [1.54, 1.807) is 32.9 Å². The molecule has 5 rings (SSSR count). The number of amides is 2. The first-order valence-electron chi connectivity index (χ1n) is 17.2. The fourth-order valence-corrected chi connectivity index (χ4v) is 6.72. The topological polar surface area (TPSA) is 79.9 Å². The molecule has 1 saturated carbocycles. The van der Waals surface area contributed by atoms with E-state index in [-0.39, 0.29) is 24.8 Å². The second kappa shape index (κ2) is 16.2. The highest BCUT2D eigenvalue weighted by atomic mass is 32.2. The summed E-state index contributed by atoms with van der Waals surface area (Å²) in [5, 5.41) is 4.57. The summed E-state index contributed by atoms with van der Waals surface area (Å²) in [7, 11) is 1.49. The fraction of sp³-hybridized carbons (Fsp3) is 0.400. The largest absolute Gasteiger partial charge is 0.490 e. The maximum absolute atomic E-state index is 16.4. The number of alkyl carbamates (subject to hydrolysis) is 1. The lowest BCUT2D eigenvalue weighted by Gasteiger charge is -2.30. The van der Waals surface area contributed by atoms with Crippen LogP contribution in [0.2, 0.25) is 0 Å². The Morgan fingerprint density at radius 1 is 0.900 bits per heavy atom. The summed E-state index contributed by atoms with van der Waals surface area (Å²) in [5.74, 6) is -3.50. The van der Waals surface area contributed by atoms with Gasteiger partial charge in [0.05, 0.1) is 6.10 Å². The Kier molecular flexibility index (Phi) is 12.1. The summed E-state index contributed by atoms with van der Waals surface area (Å²) in [6, 6.07) is 23.7. The fourth-order valence-electron chi connectivity index (χ4n) is 5.89. The highest BCUT2D eigenvalue weighted by Crippen LogP contribution is 2.36. The summed E-state index contributed by atoms with van der Waals surface area (Å²) < 4.78 is 47.1. The van der Waals surface area contributed by atoms with Crippen LogP contribution < -0.4 is 14.8 Å². The number of ether oxygens (including phenoxy) is 2. The van der Waals surface area contributed by atoms with Crippen molar-refractivity contribution in [1.82, 2.24) is 14.9 Å². The van der Waals surface area contributed by atoms with Crippen molar-refractivity contribution in [3.05, 3.63) is 96.1 Å². The zero-order valence-electron chi connectivity index (χ0n) is 29.4. The van der Waals surface area contributed by atoms with Crippen LogP contribution in [0.5, 0.6) is 5.75 Å². The number of fused-ring (bicyclic) bond motifs is 1. The molecule has 266 valence electrons. The number of benzene rings is 4. The van der Waals surface area contributed by atoms with Gasteiger partial charge >= 0.3 is 6.09 Å². The van der Waals surface area contributed by atoms with Gasteiger partial charge in [0.2, 0.25) is 5.91 Å². The molecule has 1 atom stereocenters. The molecule has 4 aromatic carbocycles. The smallest absolute Gasteiger partial charge is 0.407 e. The molecule has 1 aliphatic carbocycles. The number of nitrogens with one attached hydrogen (secondary N) is 2. The van der Waals surface area contributed by atoms with Gasteiger partial charge in [0.15, 0.2) is 6.04 Å². The number of likely N-dealkylation sites (N-methyl/N-ethyl adjacent to an activating group) is 1. The minimum Gasteiger partial charge on any atom is -0.490 e. The van der Waals surface area contributed by atoms with Gasteiger partial charge in [-0.2, -0.15) is 8.78 Å². The quantitative estimate of drug-likeness (QED) is 0.107. The number of hydrogen-bond donors (Lipinski definition) is 2. The lowest BCUT2D eigenvalue weighted by Crippen LogP contribution is -2.52. The number of hydrogen-bond acceptors (Lipinski definition) is 6. The molecule has 0 saturated heterocycles. The third-order valence-corrected chi connectivity index (χ3v) is 9.50. The monoisotopic (exact) mass is 703 g/mol. The van der Waals surface area contributed by atoms with Gasteiger partial charge in [-0.25, -0.2) is 9.52 Å². The molecule has 1 fully saturated rings. The molecular weight excluding hydrogens is 657 g/mol. The normalized spacial score (nSPS) is 14.4. The summed E-state index contributed by atoms with van der Waals surface area (Å²) in [6.07, 6.45) is 4.55. The van der Waals surface area contributed by atoms with Crippen LogP contribution in [0.15, 0.2) is 89.8 Å². The Morgan fingerprint density at radius 3 is 2.18 bits per heavy atom. The van der Waals surface area contributed by atoms with Crippen LogP contribution >= 0.6 is 11.9 Å². The third kappa shape index (κ3) is 9.97. The maximum Gasteiger partial charge on any atom is 0.407 e. The van der Waals surface area contributed by atoms with E-state index in [1.807, 2.05) is 67.6 Å². The first kappa shape index (κ1) is 37.1. The van der Waals surface area contributed by atoms with Crippen molar-refractivity contribution < 1.29 is 27.8 Å². The average molecular weight is 704 g/mol. The van der Waals surface area contributed by atoms with Crippen LogP contribution in [0.4, 0.5) is 13.6 Å². The number of alkyl halides is 2. The van der Waals surface area contributed by atoms with Gasteiger partial charge in [-0.3, -0.25) is 4.79 Å². The van der Waals surface area contributed by atoms with E-state index in [0.717, 1.165) is 58.0 Å². The van der Waals surface area contributed by atoms with Crippen molar-refractivity contribution in [1.29, 1.82) is 0 Å². The van der Waals surface area contributed by atoms with Crippen LogP contribution in [0.25, 0.3) is 21.9 Å². The Labute approximate surface area is 298 Å². The molecule has 0 heterocycles. The van der Waals surface area contributed by atoms with Gasteiger partial charge in [-0.15, -0.1) is 0 Å². The van der Waals surface area contributed by atoms with Crippen molar-refractivity contribution >= 4 is 34.7 Å². The summed E-state index contributed by atoms with van der Waals surface area (Å²) in [4.78, 5) is 27.7. The summed E-state index contributed by atoms with van der Waals surface area (Å²) in [5.41, 5.74) is 1.91. The molecule has 0 bridgehead atoms. The first-order valence-corrected chi connectivity index (χ1v) is 18.0. The molecule has 0 aliphatic heterocycles. The van der Waals surface area contributed by atoms with E-state index in [4.69, 9.17) is 9.47 Å². The number of nitrogens with zero attached hydrogens (tertiary/aromatic N) is 1. The number of halogens is 2. The molecule has 2 amide bonds. The number of carbonyl (C=O) groups is 2. The van der Waals surface area contributed by atoms with Crippen molar-refractivity contribution in [2.24, 2.45) is 0 Å². The Hall–Kier alpha value is -4.15. The van der Waals surface area contributed by atoms with Gasteiger partial charge in [0.25, 0.3) is 5.92 Å². The van der Waals surface area contributed by atoms with Gasteiger partial charge in [-0.1, -0.05) is 66.2 Å². The van der Waals surface area contributed by atoms with E-state index < -0.39 is 29.6 Å². The number of carbonyl (C=O) groups excluding carboxylic acids is 2. The van der Waals surface area contributed by atoms with Crippen molar-refractivity contribution in [3.63, 3.8) is 0 Å². The minimum atomic E-state index is -3.55. The minimum absolute atomic E-state index is 0.154. The second-order valence-electron chi connectivity index (χ2n) is 14.0. The SMILES string of the molecule is Cc1ccc(-c2ccc(C(F)(F)C(NSc3ccc4cc(OC5CCCC5)ccc4c3)C(=O)N(C)CCCNC(=O)OC(C)(C)C)cc2)cc1. The highest BCUT2D eigenvalue weighted by molar-refractivity contribution is 7.97. The van der Waals surface area contributed by atoms with E-state index in [0.29, 0.717) is 11.3 Å². The maximum atomic E-state index is 16.4. The van der Waals surface area contributed by atoms with Crippen LogP contribution in [0.1, 0.15) is 64.0 Å². The second-order valence-corrected chi connectivity index (χ2v) is 14.9. The first-order chi connectivity index (χ1) is 23.8. The molecular formula is C40H47F2N3O4S. The van der Waals surface area contributed by atoms with Crippen LogP contribution in [-0.2, 0) is 15.5 Å². The van der Waals surface area contributed by atoms with Gasteiger partial charge in [0.1, 0.15) is 11.4 Å². The number of rotatable bonds is 13. The van der Waals surface area contributed by atoms with E-state index in [9.17, 15) is 9.59 Å². The zero-order valence-corrected chi connectivity index (χ0v) is 30.2. The zero-order chi connectivity index (χ0) is 35.9. The molecule has 0 aromatic heterocycles. The van der Waals surface area contributed by atoms with E-state index in [2.05, 4.69) is 10.0 Å². The molecule has 1 unspecified atom stereocenters. The van der Waals surface area contributed by atoms with Gasteiger partial charge in [-0.05, 0) is 118 Å². The van der Waals surface area contributed by atoms with Crippen molar-refractivity contribution in [2.75, 3.05) is 20.1 Å². The highest BCUT2D eigenvalue weighted by Gasteiger charge is 2.47. The molecule has 2 N–H and O–H groups in total. The Bertz CT molecular complexity index is 1750. The Balaban J connectivity index is 1.31. The average Bonchev–Trinajstić information content (AvgIpc) is 3.59. The molecule has 50 heavy (non-hydrogen) atoms. The molecule has 7 nitrogen and oxygen atoms in total. The third-order valence-electron chi connectivity index (χ3n) is 8.66. The lowest BCUT2D eigenvalue weighted by molar-refractivity contribution is -0.142. The van der Waals surface area contributed by atoms with Crippen molar-refractivity contribution in [3.8, 4) is 16.9 Å². The van der Waals surface area contributed by atoms with E-state index in [1.165, 1.54) is 36.9 Å². The van der Waals surface area contributed by atoms with Crippen LogP contribution in [0.3, 0.4) is 0 Å². The van der Waals surface area contributed by atoms with Crippen LogP contribution in [-0.4, -0.2) is 54.8 Å². The van der Waals surface area contributed by atoms with Crippen molar-refractivity contribution in [2.45, 2.75) is 88.4 Å². The van der Waals surface area contributed by atoms with Gasteiger partial charge in [0, 0.05) is 30.6 Å². The summed E-state index contributed by atoms with van der Waals surface area (Å²) in [6.45, 7) is 7.66. The molecule has 4 aromatic rings.